The number of hydrogen-bond acceptors (Lipinski definition) is 5. The number of sulfone groups is 1. The van der Waals surface area contributed by atoms with E-state index in [1.165, 1.54) is 6.26 Å². The third-order valence-corrected chi connectivity index (χ3v) is 4.39. The summed E-state index contributed by atoms with van der Waals surface area (Å²) in [6.45, 7) is 0. The lowest BCUT2D eigenvalue weighted by Crippen LogP contribution is -1.99. The molecule has 0 fully saturated rings. The minimum Gasteiger partial charge on any atom is -0.396 e. The molecule has 106 valence electrons. The van der Waals surface area contributed by atoms with Crippen LogP contribution in [0.3, 0.4) is 0 Å². The third kappa shape index (κ3) is 2.45. The highest BCUT2D eigenvalue weighted by atomic mass is 32.2. The number of benzene rings is 2. The Bertz CT molecular complexity index is 919. The van der Waals surface area contributed by atoms with Gasteiger partial charge in [0.05, 0.1) is 16.1 Å². The van der Waals surface area contributed by atoms with Crippen molar-refractivity contribution < 1.29 is 8.42 Å². The fourth-order valence-electron chi connectivity index (χ4n) is 2.15. The summed E-state index contributed by atoms with van der Waals surface area (Å²) in [4.78, 5) is 0.263. The Kier molecular flexibility index (Phi) is 3.10. The molecule has 0 saturated carbocycles. The summed E-state index contributed by atoms with van der Waals surface area (Å²) in [5.74, 6) is 0. The number of fused-ring (bicyclic) bond motifs is 1. The van der Waals surface area contributed by atoms with E-state index in [2.05, 4.69) is 10.2 Å². The Hall–Kier alpha value is -2.47. The molecule has 1 heterocycles. The third-order valence-electron chi connectivity index (χ3n) is 3.26. The molecular weight excluding hydrogens is 286 g/mol. The van der Waals surface area contributed by atoms with Crippen LogP contribution < -0.4 is 5.73 Å². The second-order valence-electron chi connectivity index (χ2n) is 4.78. The van der Waals surface area contributed by atoms with Gasteiger partial charge in [-0.25, -0.2) is 8.42 Å². The number of nitrogens with two attached hydrogens (primary N) is 1. The smallest absolute Gasteiger partial charge is 0.175 e. The second kappa shape index (κ2) is 4.82. The topological polar surface area (TPSA) is 85.9 Å². The van der Waals surface area contributed by atoms with E-state index < -0.39 is 9.84 Å². The van der Waals surface area contributed by atoms with Crippen molar-refractivity contribution in [1.29, 1.82) is 0 Å². The van der Waals surface area contributed by atoms with Gasteiger partial charge in [-0.2, -0.15) is 0 Å². The van der Waals surface area contributed by atoms with Crippen molar-refractivity contribution in [2.75, 3.05) is 12.0 Å². The first-order chi connectivity index (χ1) is 9.97. The number of rotatable bonds is 2. The Labute approximate surface area is 122 Å². The molecule has 5 nitrogen and oxygen atoms in total. The number of hydrogen-bond donors (Lipinski definition) is 1. The molecule has 0 unspecified atom stereocenters. The van der Waals surface area contributed by atoms with Gasteiger partial charge in [0.25, 0.3) is 0 Å². The maximum atomic E-state index is 11.5. The molecule has 3 aromatic rings. The molecule has 0 radical (unpaired) electrons. The summed E-state index contributed by atoms with van der Waals surface area (Å²) in [5, 5.41) is 9.11. The van der Waals surface area contributed by atoms with Crippen LogP contribution >= 0.6 is 0 Å². The van der Waals surface area contributed by atoms with Crippen LogP contribution in [0.15, 0.2) is 53.4 Å². The van der Waals surface area contributed by atoms with E-state index in [0.717, 1.165) is 16.5 Å². The van der Waals surface area contributed by atoms with Crippen molar-refractivity contribution in [3.05, 3.63) is 48.5 Å². The summed E-state index contributed by atoms with van der Waals surface area (Å²) in [6, 6.07) is 13.9. The molecule has 21 heavy (non-hydrogen) atoms. The van der Waals surface area contributed by atoms with Gasteiger partial charge in [-0.15, -0.1) is 10.2 Å². The number of nitrogen functional groups attached to an aromatic ring is 1. The van der Waals surface area contributed by atoms with Gasteiger partial charge < -0.3 is 5.73 Å². The van der Waals surface area contributed by atoms with Crippen molar-refractivity contribution in [3.63, 3.8) is 0 Å². The first-order valence-electron chi connectivity index (χ1n) is 6.28. The Morgan fingerprint density at radius 1 is 0.952 bits per heavy atom. The molecule has 6 heteroatoms. The molecule has 2 N–H and O–H groups in total. The average molecular weight is 299 g/mol. The van der Waals surface area contributed by atoms with E-state index in [9.17, 15) is 8.42 Å². The highest BCUT2D eigenvalue weighted by Gasteiger charge is 2.11. The molecule has 0 aliphatic heterocycles. The van der Waals surface area contributed by atoms with Crippen molar-refractivity contribution in [1.82, 2.24) is 10.2 Å². The zero-order valence-electron chi connectivity index (χ0n) is 11.3. The van der Waals surface area contributed by atoms with Crippen molar-refractivity contribution in [3.8, 4) is 11.3 Å². The largest absolute Gasteiger partial charge is 0.396 e. The lowest BCUT2D eigenvalue weighted by molar-refractivity contribution is 0.602. The molecule has 0 atom stereocenters. The van der Waals surface area contributed by atoms with Gasteiger partial charge in [0.2, 0.25) is 0 Å². The minimum absolute atomic E-state index is 0.263. The molecule has 2 aromatic carbocycles. The molecule has 0 saturated heterocycles. The van der Waals surface area contributed by atoms with Crippen LogP contribution in [-0.4, -0.2) is 24.9 Å². The highest BCUT2D eigenvalue weighted by molar-refractivity contribution is 7.90. The van der Waals surface area contributed by atoms with Crippen LogP contribution in [0.4, 0.5) is 5.69 Å². The van der Waals surface area contributed by atoms with Gasteiger partial charge in [-0.3, -0.25) is 0 Å². The highest BCUT2D eigenvalue weighted by Crippen LogP contribution is 2.29. The molecular formula is C15H13N3O2S. The number of anilines is 1. The van der Waals surface area contributed by atoms with Crippen LogP contribution in [0.1, 0.15) is 0 Å². The number of nitrogens with zero attached hydrogens (tertiary/aromatic N) is 2. The zero-order chi connectivity index (χ0) is 15.0. The van der Waals surface area contributed by atoms with E-state index >= 15 is 0 Å². The summed E-state index contributed by atoms with van der Waals surface area (Å²) in [7, 11) is -3.21. The first-order valence-corrected chi connectivity index (χ1v) is 8.17. The van der Waals surface area contributed by atoms with Crippen LogP contribution in [0.25, 0.3) is 22.2 Å². The molecule has 0 amide bonds. The Morgan fingerprint density at radius 2 is 1.62 bits per heavy atom. The quantitative estimate of drug-likeness (QED) is 0.784. The summed E-state index contributed by atoms with van der Waals surface area (Å²) < 4.78 is 22.9. The van der Waals surface area contributed by atoms with Crippen molar-refractivity contribution in [2.45, 2.75) is 4.90 Å². The lowest BCUT2D eigenvalue weighted by atomic mass is 10.1. The van der Waals surface area contributed by atoms with Gasteiger partial charge >= 0.3 is 0 Å². The van der Waals surface area contributed by atoms with E-state index in [4.69, 9.17) is 5.73 Å². The van der Waals surface area contributed by atoms with Crippen LogP contribution in [0.2, 0.25) is 0 Å². The fourth-order valence-corrected chi connectivity index (χ4v) is 2.78. The van der Waals surface area contributed by atoms with E-state index in [-0.39, 0.29) is 4.90 Å². The molecule has 0 spiro atoms. The Morgan fingerprint density at radius 3 is 2.29 bits per heavy atom. The van der Waals surface area contributed by atoms with E-state index in [0.29, 0.717) is 11.4 Å². The number of aromatic nitrogens is 2. The first kappa shape index (κ1) is 13.5. The van der Waals surface area contributed by atoms with E-state index in [1.807, 2.05) is 24.3 Å². The van der Waals surface area contributed by atoms with Gasteiger partial charge in [0, 0.05) is 17.2 Å². The van der Waals surface area contributed by atoms with Gasteiger partial charge in [-0.1, -0.05) is 30.3 Å². The fraction of sp³-hybridized carbons (Fsp3) is 0.0667. The summed E-state index contributed by atoms with van der Waals surface area (Å²) in [6.07, 6.45) is 1.17. The molecule has 0 bridgehead atoms. The molecule has 0 aliphatic carbocycles. The predicted octanol–water partition coefficient (Wildman–Crippen LogP) is 2.28. The second-order valence-corrected chi connectivity index (χ2v) is 6.79. The van der Waals surface area contributed by atoms with Crippen LogP contribution in [-0.2, 0) is 9.84 Å². The van der Waals surface area contributed by atoms with Gasteiger partial charge in [0.1, 0.15) is 5.69 Å². The minimum atomic E-state index is -3.21. The van der Waals surface area contributed by atoms with E-state index in [1.54, 1.807) is 24.3 Å². The van der Waals surface area contributed by atoms with Crippen LogP contribution in [0, 0.1) is 0 Å². The Balaban J connectivity index is 2.15. The van der Waals surface area contributed by atoms with Crippen LogP contribution in [0.5, 0.6) is 0 Å². The molecule has 3 rings (SSSR count). The summed E-state index contributed by atoms with van der Waals surface area (Å²) >= 11 is 0. The van der Waals surface area contributed by atoms with Gasteiger partial charge in [0.15, 0.2) is 9.84 Å². The molecule has 0 aliphatic rings. The maximum Gasteiger partial charge on any atom is 0.175 e. The van der Waals surface area contributed by atoms with Crippen molar-refractivity contribution >= 4 is 26.4 Å². The monoisotopic (exact) mass is 299 g/mol. The van der Waals surface area contributed by atoms with Gasteiger partial charge in [-0.05, 0) is 18.2 Å². The lowest BCUT2D eigenvalue weighted by Gasteiger charge is -2.07. The standard InChI is InChI=1S/C15H13N3O2S/c1-21(19,20)11-8-6-10(7-9-11)15-14(16)12-4-2-3-5-13(12)17-18-15/h2-9H,1H3,(H2,16,17). The van der Waals surface area contributed by atoms with Crippen molar-refractivity contribution in [2.24, 2.45) is 0 Å². The average Bonchev–Trinajstić information content (AvgIpc) is 2.47. The maximum absolute atomic E-state index is 11.5. The SMILES string of the molecule is CS(=O)(=O)c1ccc(-c2nnc3ccccc3c2N)cc1. The normalized spacial score (nSPS) is 11.7. The predicted molar refractivity (Wildman–Crippen MR) is 82.5 cm³/mol. The summed E-state index contributed by atoms with van der Waals surface area (Å²) in [5.41, 5.74) is 8.70. The molecule has 1 aromatic heterocycles. The zero-order valence-corrected chi connectivity index (χ0v) is 12.1.